The second kappa shape index (κ2) is 12.0. The summed E-state index contributed by atoms with van der Waals surface area (Å²) >= 11 is 1.62. The number of hydrogen-bond acceptors (Lipinski definition) is 10. The summed E-state index contributed by atoms with van der Waals surface area (Å²) in [5, 5.41) is 29.1. The monoisotopic (exact) mass is 486 g/mol. The third-order valence-electron chi connectivity index (χ3n) is 4.71. The van der Waals surface area contributed by atoms with Crippen molar-refractivity contribution in [2.24, 2.45) is 0 Å². The topological polar surface area (TPSA) is 140 Å². The minimum atomic E-state index is -0.633. The summed E-state index contributed by atoms with van der Waals surface area (Å²) in [6.45, 7) is 1.46. The van der Waals surface area contributed by atoms with Crippen molar-refractivity contribution < 1.29 is 14.3 Å². The maximum atomic E-state index is 11.5. The Morgan fingerprint density at radius 2 is 1.74 bits per heavy atom. The maximum absolute atomic E-state index is 11.5. The molecule has 34 heavy (non-hydrogen) atoms. The molecule has 3 rings (SSSR count). The molecule has 0 aliphatic rings. The van der Waals surface area contributed by atoms with E-state index in [1.54, 1.807) is 30.2 Å². The summed E-state index contributed by atoms with van der Waals surface area (Å²) in [6.07, 6.45) is 3.27. The molecule has 0 saturated heterocycles. The maximum Gasteiger partial charge on any atom is 0.299 e. The van der Waals surface area contributed by atoms with Gasteiger partial charge in [-0.1, -0.05) is 6.07 Å². The van der Waals surface area contributed by atoms with Gasteiger partial charge in [0.25, 0.3) is 11.4 Å². The first-order valence-corrected chi connectivity index (χ1v) is 11.6. The third-order valence-corrected chi connectivity index (χ3v) is 5.69. The zero-order chi connectivity index (χ0) is 24.5. The van der Waals surface area contributed by atoms with Crippen LogP contribution in [0, 0.1) is 20.2 Å². The highest BCUT2D eigenvalue weighted by Crippen LogP contribution is 2.36. The van der Waals surface area contributed by atoms with E-state index in [9.17, 15) is 20.2 Å². The highest BCUT2D eigenvalue weighted by molar-refractivity contribution is 7.98. The van der Waals surface area contributed by atoms with Crippen LogP contribution in [0.2, 0.25) is 0 Å². The van der Waals surface area contributed by atoms with Gasteiger partial charge in [-0.05, 0) is 43.9 Å². The molecule has 0 saturated carbocycles. The molecule has 0 radical (unpaired) electrons. The molecule has 180 valence electrons. The number of furan rings is 1. The van der Waals surface area contributed by atoms with E-state index >= 15 is 0 Å². The van der Waals surface area contributed by atoms with Crippen molar-refractivity contribution in [1.82, 2.24) is 9.88 Å². The fourth-order valence-corrected chi connectivity index (χ4v) is 3.94. The number of nitrogens with zero attached hydrogens (tertiary/aromatic N) is 4. The molecular formula is C22H26N6O5S. The summed E-state index contributed by atoms with van der Waals surface area (Å²) in [5.74, 6) is 3.10. The van der Waals surface area contributed by atoms with Gasteiger partial charge in [-0.2, -0.15) is 11.8 Å². The van der Waals surface area contributed by atoms with Gasteiger partial charge in [0.15, 0.2) is 0 Å². The summed E-state index contributed by atoms with van der Waals surface area (Å²) in [5.41, 5.74) is 0.535. The van der Waals surface area contributed by atoms with Gasteiger partial charge in [0.2, 0.25) is 0 Å². The number of nitro benzene ring substituents is 2. The van der Waals surface area contributed by atoms with Crippen molar-refractivity contribution in [3.63, 3.8) is 0 Å². The van der Waals surface area contributed by atoms with Gasteiger partial charge in [0.1, 0.15) is 22.9 Å². The molecule has 1 aromatic carbocycles. The molecule has 0 spiro atoms. The number of pyridine rings is 1. The Balaban J connectivity index is 1.63. The van der Waals surface area contributed by atoms with Gasteiger partial charge in [0, 0.05) is 31.2 Å². The van der Waals surface area contributed by atoms with Crippen molar-refractivity contribution in [2.45, 2.75) is 18.8 Å². The third kappa shape index (κ3) is 7.18. The van der Waals surface area contributed by atoms with Gasteiger partial charge in [0.05, 0.1) is 28.2 Å². The first kappa shape index (κ1) is 25.0. The van der Waals surface area contributed by atoms with Crippen molar-refractivity contribution in [3.8, 4) is 0 Å². The molecular weight excluding hydrogens is 460 g/mol. The number of anilines is 2. The fraction of sp³-hybridized carbons (Fsp3) is 0.318. The van der Waals surface area contributed by atoms with Crippen LogP contribution in [0.1, 0.15) is 17.1 Å². The Bertz CT molecular complexity index is 1120. The summed E-state index contributed by atoms with van der Waals surface area (Å²) in [7, 11) is 3.94. The number of rotatable bonds is 13. The molecule has 11 nitrogen and oxygen atoms in total. The molecule has 0 bridgehead atoms. The summed E-state index contributed by atoms with van der Waals surface area (Å²) in [6, 6.07) is 9.89. The lowest BCUT2D eigenvalue weighted by atomic mass is 10.2. The van der Waals surface area contributed by atoms with Gasteiger partial charge in [-0.3, -0.25) is 25.2 Å². The van der Waals surface area contributed by atoms with E-state index in [0.717, 1.165) is 29.7 Å². The highest BCUT2D eigenvalue weighted by atomic mass is 32.2. The Kier molecular flexibility index (Phi) is 8.82. The van der Waals surface area contributed by atoms with Crippen molar-refractivity contribution in [3.05, 3.63) is 86.1 Å². The summed E-state index contributed by atoms with van der Waals surface area (Å²) < 4.78 is 5.78. The van der Waals surface area contributed by atoms with Crippen LogP contribution in [0.25, 0.3) is 0 Å². The molecule has 0 atom stereocenters. The zero-order valence-electron chi connectivity index (χ0n) is 18.9. The normalized spacial score (nSPS) is 10.9. The number of benzene rings is 1. The number of nitrogens with one attached hydrogen (secondary N) is 2. The minimum Gasteiger partial charge on any atom is -0.464 e. The molecule has 0 unspecified atom stereocenters. The molecule has 0 amide bonds. The smallest absolute Gasteiger partial charge is 0.299 e. The van der Waals surface area contributed by atoms with Crippen LogP contribution < -0.4 is 10.6 Å². The van der Waals surface area contributed by atoms with Crippen molar-refractivity contribution >= 4 is 34.5 Å². The molecule has 0 aliphatic carbocycles. The lowest BCUT2D eigenvalue weighted by Crippen LogP contribution is -2.09. The van der Waals surface area contributed by atoms with Crippen LogP contribution >= 0.6 is 11.8 Å². The lowest BCUT2D eigenvalue weighted by Gasteiger charge is -2.11. The first-order chi connectivity index (χ1) is 16.3. The molecule has 2 N–H and O–H groups in total. The molecule has 0 aliphatic heterocycles. The van der Waals surface area contributed by atoms with Crippen molar-refractivity contribution in [2.75, 3.05) is 37.0 Å². The average molecular weight is 487 g/mol. The predicted octanol–water partition coefficient (Wildman–Crippen LogP) is 4.51. The van der Waals surface area contributed by atoms with Crippen LogP contribution in [-0.4, -0.2) is 46.1 Å². The van der Waals surface area contributed by atoms with E-state index in [4.69, 9.17) is 4.42 Å². The molecule has 2 heterocycles. The van der Waals surface area contributed by atoms with E-state index in [-0.39, 0.29) is 22.7 Å². The second-order valence-corrected chi connectivity index (χ2v) is 8.81. The largest absolute Gasteiger partial charge is 0.464 e. The molecule has 12 heteroatoms. The number of thioether (sulfide) groups is 1. The van der Waals surface area contributed by atoms with E-state index in [1.165, 1.54) is 6.07 Å². The van der Waals surface area contributed by atoms with Crippen LogP contribution in [0.15, 0.2) is 53.2 Å². The van der Waals surface area contributed by atoms with Gasteiger partial charge in [-0.15, -0.1) is 0 Å². The molecule has 0 fully saturated rings. The number of nitro groups is 2. The van der Waals surface area contributed by atoms with E-state index in [1.807, 2.05) is 37.2 Å². The minimum absolute atomic E-state index is 0.193. The summed E-state index contributed by atoms with van der Waals surface area (Å²) in [4.78, 5) is 27.8. The Hall–Kier alpha value is -3.64. The van der Waals surface area contributed by atoms with Crippen LogP contribution in [-0.2, 0) is 18.8 Å². The van der Waals surface area contributed by atoms with Crippen LogP contribution in [0.5, 0.6) is 0 Å². The number of aromatic nitrogens is 1. The SMILES string of the molecule is CN(C)Cc1ccc(CSCCNc2cc(NCc3cccnc3)c([N+](=O)[O-])cc2[N+](=O)[O-])o1. The lowest BCUT2D eigenvalue weighted by molar-refractivity contribution is -0.393. The zero-order valence-corrected chi connectivity index (χ0v) is 19.7. The second-order valence-electron chi connectivity index (χ2n) is 7.70. The van der Waals surface area contributed by atoms with E-state index in [0.29, 0.717) is 24.6 Å². The Morgan fingerprint density at radius 3 is 2.38 bits per heavy atom. The Morgan fingerprint density at radius 1 is 1.03 bits per heavy atom. The van der Waals surface area contributed by atoms with Gasteiger partial charge in [-0.25, -0.2) is 0 Å². The van der Waals surface area contributed by atoms with Crippen LogP contribution in [0.3, 0.4) is 0 Å². The first-order valence-electron chi connectivity index (χ1n) is 10.5. The van der Waals surface area contributed by atoms with Gasteiger partial charge < -0.3 is 20.0 Å². The average Bonchev–Trinajstić information content (AvgIpc) is 3.24. The quantitative estimate of drug-likeness (QED) is 0.201. The fourth-order valence-electron chi connectivity index (χ4n) is 3.19. The van der Waals surface area contributed by atoms with Gasteiger partial charge >= 0.3 is 0 Å². The van der Waals surface area contributed by atoms with E-state index < -0.39 is 9.85 Å². The predicted molar refractivity (Wildman–Crippen MR) is 132 cm³/mol. The van der Waals surface area contributed by atoms with Crippen LogP contribution in [0.4, 0.5) is 22.7 Å². The molecule has 3 aromatic rings. The standard InChI is InChI=1S/C22H26N6O5S/c1-26(2)14-17-5-6-18(33-17)15-34-9-8-24-19-10-20(25-13-16-4-3-7-23-12-16)22(28(31)32)11-21(19)27(29)30/h3-7,10-12,24-25H,8-9,13-15H2,1-2H3. The number of hydrogen-bond donors (Lipinski definition) is 2. The Labute approximate surface area is 200 Å². The van der Waals surface area contributed by atoms with Crippen molar-refractivity contribution in [1.29, 1.82) is 0 Å². The van der Waals surface area contributed by atoms with E-state index in [2.05, 4.69) is 15.6 Å². The highest BCUT2D eigenvalue weighted by Gasteiger charge is 2.24. The molecule has 2 aromatic heterocycles.